The molecule has 0 aliphatic carbocycles. The Morgan fingerprint density at radius 2 is 2.18 bits per heavy atom. The normalized spacial score (nSPS) is 11.4. The maximum absolute atomic E-state index is 10.3. The van der Waals surface area contributed by atoms with Gasteiger partial charge in [-0.25, -0.2) is 0 Å². The Balaban J connectivity index is 3.18. The Morgan fingerprint density at radius 3 is 2.45 bits per heavy atom. The van der Waals surface area contributed by atoms with Gasteiger partial charge in [0.05, 0.1) is 0 Å². The molecular weight excluding hydrogens is 172 g/mol. The molecule has 0 aromatic carbocycles. The fourth-order valence-corrected chi connectivity index (χ4v) is 0.966. The molecule has 0 fully saturated rings. The van der Waals surface area contributed by atoms with Crippen LogP contribution in [-0.4, -0.2) is 19.3 Å². The molecule has 6 heteroatoms. The van der Waals surface area contributed by atoms with Gasteiger partial charge in [-0.3, -0.25) is 9.35 Å². The van der Waals surface area contributed by atoms with E-state index in [0.29, 0.717) is 6.29 Å². The minimum Gasteiger partial charge on any atom is -0.460 e. The number of rotatable bonds is 2. The van der Waals surface area contributed by atoms with Gasteiger partial charge < -0.3 is 4.42 Å². The average molecular weight is 176 g/mol. The molecule has 0 bridgehead atoms. The van der Waals surface area contributed by atoms with E-state index in [1.807, 2.05) is 0 Å². The van der Waals surface area contributed by atoms with Crippen molar-refractivity contribution in [1.82, 2.24) is 0 Å². The van der Waals surface area contributed by atoms with Gasteiger partial charge in [-0.15, -0.1) is 0 Å². The van der Waals surface area contributed by atoms with Crippen LogP contribution in [-0.2, 0) is 10.1 Å². The van der Waals surface area contributed by atoms with Crippen LogP contribution in [0.5, 0.6) is 0 Å². The fourth-order valence-electron chi connectivity index (χ4n) is 0.531. The van der Waals surface area contributed by atoms with E-state index >= 15 is 0 Å². The molecule has 0 aliphatic heterocycles. The summed E-state index contributed by atoms with van der Waals surface area (Å²) in [5.41, 5.74) is 0. The first-order valence-electron chi connectivity index (χ1n) is 2.55. The smallest absolute Gasteiger partial charge is 0.297 e. The summed E-state index contributed by atoms with van der Waals surface area (Å²) in [6.45, 7) is 0. The van der Waals surface area contributed by atoms with E-state index in [2.05, 4.69) is 4.42 Å². The van der Waals surface area contributed by atoms with Crippen LogP contribution in [0.2, 0.25) is 0 Å². The van der Waals surface area contributed by atoms with Crippen molar-refractivity contribution in [3.63, 3.8) is 0 Å². The van der Waals surface area contributed by atoms with Crippen LogP contribution in [0.25, 0.3) is 0 Å². The lowest BCUT2D eigenvalue weighted by atomic mass is 10.5. The molecule has 0 radical (unpaired) electrons. The monoisotopic (exact) mass is 176 g/mol. The van der Waals surface area contributed by atoms with Gasteiger partial charge in [0.15, 0.2) is 12.0 Å². The second-order valence-electron chi connectivity index (χ2n) is 1.78. The second kappa shape index (κ2) is 2.48. The Labute approximate surface area is 62.4 Å². The molecule has 11 heavy (non-hydrogen) atoms. The third kappa shape index (κ3) is 1.66. The highest BCUT2D eigenvalue weighted by Crippen LogP contribution is 2.11. The van der Waals surface area contributed by atoms with Crippen molar-refractivity contribution in [2.45, 2.75) is 4.90 Å². The zero-order valence-corrected chi connectivity index (χ0v) is 6.04. The average Bonchev–Trinajstić information content (AvgIpc) is 2.32. The summed E-state index contributed by atoms with van der Waals surface area (Å²) in [7, 11) is -4.24. The van der Waals surface area contributed by atoms with Crippen LogP contribution in [0, 0.1) is 0 Å². The van der Waals surface area contributed by atoms with Gasteiger partial charge in [0.1, 0.15) is 11.2 Å². The highest BCUT2D eigenvalue weighted by molar-refractivity contribution is 7.85. The van der Waals surface area contributed by atoms with Crippen molar-refractivity contribution in [2.75, 3.05) is 0 Å². The molecule has 0 saturated carbocycles. The molecule has 1 aromatic heterocycles. The van der Waals surface area contributed by atoms with E-state index in [-0.39, 0.29) is 5.76 Å². The first-order chi connectivity index (χ1) is 5.04. The van der Waals surface area contributed by atoms with Crippen molar-refractivity contribution in [3.8, 4) is 0 Å². The Bertz CT molecular complexity index is 360. The molecule has 0 atom stereocenters. The molecule has 5 nitrogen and oxygen atoms in total. The van der Waals surface area contributed by atoms with Crippen LogP contribution < -0.4 is 0 Å². The largest absolute Gasteiger partial charge is 0.460 e. The topological polar surface area (TPSA) is 84.6 Å². The summed E-state index contributed by atoms with van der Waals surface area (Å²) in [4.78, 5) is 9.56. The maximum Gasteiger partial charge on any atom is 0.297 e. The number of carbonyl (C=O) groups excluding carboxylic acids is 1. The quantitative estimate of drug-likeness (QED) is 0.518. The first kappa shape index (κ1) is 7.96. The maximum atomic E-state index is 10.3. The van der Waals surface area contributed by atoms with Gasteiger partial charge in [-0.05, 0) is 0 Å². The number of hydrogen-bond donors (Lipinski definition) is 1. The molecule has 1 heterocycles. The van der Waals surface area contributed by atoms with Crippen molar-refractivity contribution in [2.24, 2.45) is 0 Å². The molecule has 1 N–H and O–H groups in total. The molecule has 1 rings (SSSR count). The van der Waals surface area contributed by atoms with Crippen molar-refractivity contribution < 1.29 is 22.2 Å². The molecule has 0 spiro atoms. The SMILES string of the molecule is O=Cc1cc(S(=O)(=O)O)co1. The molecule has 0 saturated heterocycles. The minimum absolute atomic E-state index is 0.141. The Kier molecular flexibility index (Phi) is 1.79. The highest BCUT2D eigenvalue weighted by atomic mass is 32.2. The number of aldehydes is 1. The summed E-state index contributed by atoms with van der Waals surface area (Å²) >= 11 is 0. The lowest BCUT2D eigenvalue weighted by Gasteiger charge is -1.84. The van der Waals surface area contributed by atoms with Crippen LogP contribution in [0.15, 0.2) is 21.6 Å². The van der Waals surface area contributed by atoms with Crippen LogP contribution in [0.4, 0.5) is 0 Å². The van der Waals surface area contributed by atoms with Crippen LogP contribution >= 0.6 is 0 Å². The molecule has 0 aliphatic rings. The Morgan fingerprint density at radius 1 is 1.55 bits per heavy atom. The third-order valence-corrected chi connectivity index (χ3v) is 1.82. The number of hydrogen-bond acceptors (Lipinski definition) is 4. The fraction of sp³-hybridized carbons (Fsp3) is 0. The zero-order valence-electron chi connectivity index (χ0n) is 5.22. The standard InChI is InChI=1S/C5H4O5S/c6-2-4-1-5(3-10-4)11(7,8)9/h1-3H,(H,7,8,9). The van der Waals surface area contributed by atoms with E-state index in [4.69, 9.17) is 4.55 Å². The van der Waals surface area contributed by atoms with E-state index in [1.54, 1.807) is 0 Å². The zero-order chi connectivity index (χ0) is 8.48. The van der Waals surface area contributed by atoms with E-state index < -0.39 is 15.0 Å². The predicted molar refractivity (Wildman–Crippen MR) is 33.9 cm³/mol. The first-order valence-corrected chi connectivity index (χ1v) is 3.99. The molecule has 1 aromatic rings. The van der Waals surface area contributed by atoms with Gasteiger partial charge >= 0.3 is 0 Å². The van der Waals surface area contributed by atoms with Gasteiger partial charge in [0, 0.05) is 6.07 Å². The van der Waals surface area contributed by atoms with Gasteiger partial charge in [-0.2, -0.15) is 8.42 Å². The molecular formula is C5H4O5S. The number of carbonyl (C=O) groups is 1. The summed E-state index contributed by atoms with van der Waals surface area (Å²) in [5.74, 6) is -0.141. The third-order valence-electron chi connectivity index (χ3n) is 1.01. The number of furan rings is 1. The minimum atomic E-state index is -4.24. The highest BCUT2D eigenvalue weighted by Gasteiger charge is 2.12. The van der Waals surface area contributed by atoms with Crippen molar-refractivity contribution in [3.05, 3.63) is 18.1 Å². The Hall–Kier alpha value is -1.14. The van der Waals surface area contributed by atoms with E-state index in [1.165, 1.54) is 0 Å². The van der Waals surface area contributed by atoms with E-state index in [0.717, 1.165) is 12.3 Å². The summed E-state index contributed by atoms with van der Waals surface area (Å²) in [5, 5.41) is 0. The lowest BCUT2D eigenvalue weighted by Crippen LogP contribution is -1.94. The van der Waals surface area contributed by atoms with Crippen LogP contribution in [0.1, 0.15) is 10.6 Å². The lowest BCUT2D eigenvalue weighted by molar-refractivity contribution is 0.110. The van der Waals surface area contributed by atoms with E-state index in [9.17, 15) is 13.2 Å². The summed E-state index contributed by atoms with van der Waals surface area (Å²) in [6.07, 6.45) is 1.13. The summed E-state index contributed by atoms with van der Waals surface area (Å²) in [6, 6.07) is 0.933. The van der Waals surface area contributed by atoms with Crippen molar-refractivity contribution >= 4 is 16.4 Å². The molecule has 0 unspecified atom stereocenters. The molecule has 60 valence electrons. The van der Waals surface area contributed by atoms with Gasteiger partial charge in [-0.1, -0.05) is 0 Å². The van der Waals surface area contributed by atoms with Crippen molar-refractivity contribution in [1.29, 1.82) is 0 Å². The van der Waals surface area contributed by atoms with Crippen LogP contribution in [0.3, 0.4) is 0 Å². The second-order valence-corrected chi connectivity index (χ2v) is 3.20. The van der Waals surface area contributed by atoms with Gasteiger partial charge in [0.2, 0.25) is 0 Å². The van der Waals surface area contributed by atoms with Gasteiger partial charge in [0.25, 0.3) is 10.1 Å². The predicted octanol–water partition coefficient (Wildman–Crippen LogP) is 0.339. The molecule has 0 amide bonds. The summed E-state index contributed by atoms with van der Waals surface area (Å²) < 4.78 is 33.5.